The van der Waals surface area contributed by atoms with Gasteiger partial charge in [-0.2, -0.15) is 0 Å². The number of amides is 2. The van der Waals surface area contributed by atoms with Crippen LogP contribution in [-0.4, -0.2) is 16.7 Å². The van der Waals surface area contributed by atoms with Crippen molar-refractivity contribution in [2.24, 2.45) is 23.7 Å². The molecule has 3 aromatic rings. The van der Waals surface area contributed by atoms with Gasteiger partial charge in [-0.25, -0.2) is 4.90 Å². The van der Waals surface area contributed by atoms with Crippen molar-refractivity contribution >= 4 is 39.5 Å². The number of rotatable bonds is 3. The standard InChI is InChI=1S/C25H18N2O4/c28-24-22-15-12-18(14-6-2-1-3-7-14)19(13-15)23(22)25(29)26(24)20-10-11-21(27(30)31)17-9-5-4-8-16(17)20/h1-12,15,19,22-23H,13H2/t15-,19-,22-,23+/m0/s1. The van der Waals surface area contributed by atoms with Crippen molar-refractivity contribution in [3.63, 3.8) is 0 Å². The second-order valence-corrected chi connectivity index (χ2v) is 8.46. The molecule has 3 aliphatic rings. The van der Waals surface area contributed by atoms with Crippen LogP contribution in [0.25, 0.3) is 16.3 Å². The van der Waals surface area contributed by atoms with Gasteiger partial charge < -0.3 is 0 Å². The predicted octanol–water partition coefficient (Wildman–Crippen LogP) is 4.59. The molecule has 0 spiro atoms. The van der Waals surface area contributed by atoms with Crippen LogP contribution in [0, 0.1) is 33.8 Å². The van der Waals surface area contributed by atoms with Gasteiger partial charge in [-0.3, -0.25) is 19.7 Å². The van der Waals surface area contributed by atoms with E-state index in [-0.39, 0.29) is 41.2 Å². The Labute approximate surface area is 177 Å². The van der Waals surface area contributed by atoms with Gasteiger partial charge in [0.1, 0.15) is 0 Å². The van der Waals surface area contributed by atoms with Gasteiger partial charge in [0.25, 0.3) is 5.69 Å². The number of carbonyl (C=O) groups excluding carboxylic acids is 2. The summed E-state index contributed by atoms with van der Waals surface area (Å²) in [6, 6.07) is 19.8. The third-order valence-electron chi connectivity index (χ3n) is 7.03. The molecule has 0 radical (unpaired) electrons. The van der Waals surface area contributed by atoms with E-state index in [0.717, 1.165) is 17.6 Å². The van der Waals surface area contributed by atoms with Crippen molar-refractivity contribution in [1.29, 1.82) is 0 Å². The van der Waals surface area contributed by atoms with Crippen molar-refractivity contribution < 1.29 is 14.5 Å². The van der Waals surface area contributed by atoms with Crippen LogP contribution in [0.3, 0.4) is 0 Å². The number of nitrogens with zero attached hydrogens (tertiary/aromatic N) is 2. The maximum absolute atomic E-state index is 13.6. The lowest BCUT2D eigenvalue weighted by atomic mass is 9.79. The Bertz CT molecular complexity index is 1310. The number of non-ortho nitro benzene ring substituents is 1. The summed E-state index contributed by atoms with van der Waals surface area (Å²) in [4.78, 5) is 39.3. The highest BCUT2D eigenvalue weighted by Crippen LogP contribution is 2.58. The maximum atomic E-state index is 13.6. The van der Waals surface area contributed by atoms with Crippen LogP contribution in [0.1, 0.15) is 12.0 Å². The number of benzene rings is 3. The fourth-order valence-electron chi connectivity index (χ4n) is 5.82. The molecule has 4 atom stereocenters. The van der Waals surface area contributed by atoms with Gasteiger partial charge >= 0.3 is 0 Å². The van der Waals surface area contributed by atoms with Crippen LogP contribution in [0.4, 0.5) is 11.4 Å². The zero-order valence-corrected chi connectivity index (χ0v) is 16.5. The Balaban J connectivity index is 1.44. The lowest BCUT2D eigenvalue weighted by Gasteiger charge is -2.22. The molecule has 1 saturated carbocycles. The lowest BCUT2D eigenvalue weighted by molar-refractivity contribution is -0.383. The molecule has 0 aromatic heterocycles. The smallest absolute Gasteiger partial charge is 0.274 e. The summed E-state index contributed by atoms with van der Waals surface area (Å²) in [5.41, 5.74) is 2.66. The second kappa shape index (κ2) is 6.35. The molecular formula is C25H18N2O4. The number of nitro groups is 1. The Hall–Kier alpha value is -3.80. The first-order chi connectivity index (χ1) is 15.1. The highest BCUT2D eigenvalue weighted by atomic mass is 16.6. The maximum Gasteiger partial charge on any atom is 0.277 e. The van der Waals surface area contributed by atoms with Gasteiger partial charge in [0.15, 0.2) is 0 Å². The number of fused-ring (bicyclic) bond motifs is 6. The molecule has 2 bridgehead atoms. The van der Waals surface area contributed by atoms with Crippen LogP contribution in [0.15, 0.2) is 72.8 Å². The molecule has 2 amide bonds. The fraction of sp³-hybridized carbons (Fsp3) is 0.200. The molecule has 2 fully saturated rings. The van der Waals surface area contributed by atoms with E-state index in [1.54, 1.807) is 24.3 Å². The zero-order chi connectivity index (χ0) is 21.3. The number of hydrogen-bond acceptors (Lipinski definition) is 4. The first-order valence-electron chi connectivity index (χ1n) is 10.4. The lowest BCUT2D eigenvalue weighted by Crippen LogP contribution is -2.33. The van der Waals surface area contributed by atoms with E-state index in [4.69, 9.17) is 0 Å². The zero-order valence-electron chi connectivity index (χ0n) is 16.5. The van der Waals surface area contributed by atoms with Crippen molar-refractivity contribution in [3.05, 3.63) is 88.5 Å². The van der Waals surface area contributed by atoms with Crippen LogP contribution in [-0.2, 0) is 9.59 Å². The van der Waals surface area contributed by atoms with Crippen molar-refractivity contribution in [1.82, 2.24) is 0 Å². The number of imide groups is 1. The number of allylic oxidation sites excluding steroid dienone is 2. The van der Waals surface area contributed by atoms with E-state index < -0.39 is 4.92 Å². The minimum Gasteiger partial charge on any atom is -0.274 e. The van der Waals surface area contributed by atoms with Crippen molar-refractivity contribution in [2.45, 2.75) is 6.42 Å². The first kappa shape index (κ1) is 18.0. The SMILES string of the molecule is O=C1[C@@H]2[C@H](C(=O)N1c1ccc([N+](=O)[O-])c3ccccc13)[C@H]1C[C@@H]2C=C1c1ccccc1. The van der Waals surface area contributed by atoms with E-state index in [2.05, 4.69) is 6.08 Å². The molecule has 0 unspecified atom stereocenters. The Morgan fingerprint density at radius 1 is 0.839 bits per heavy atom. The molecule has 1 heterocycles. The van der Waals surface area contributed by atoms with Crippen molar-refractivity contribution in [3.8, 4) is 0 Å². The van der Waals surface area contributed by atoms with E-state index in [0.29, 0.717) is 16.5 Å². The molecule has 1 saturated heterocycles. The van der Waals surface area contributed by atoms with E-state index in [1.807, 2.05) is 30.3 Å². The van der Waals surface area contributed by atoms with Gasteiger partial charge in [0, 0.05) is 11.5 Å². The average molecular weight is 410 g/mol. The summed E-state index contributed by atoms with van der Waals surface area (Å²) in [5, 5.41) is 12.4. The largest absolute Gasteiger partial charge is 0.277 e. The summed E-state index contributed by atoms with van der Waals surface area (Å²) < 4.78 is 0. The molecule has 2 aliphatic carbocycles. The van der Waals surface area contributed by atoms with Crippen LogP contribution < -0.4 is 4.90 Å². The summed E-state index contributed by atoms with van der Waals surface area (Å²) in [5.74, 6) is -1.02. The normalized spacial score (nSPS) is 26.5. The molecule has 6 heteroatoms. The topological polar surface area (TPSA) is 80.5 Å². The van der Waals surface area contributed by atoms with Gasteiger partial charge in [-0.15, -0.1) is 0 Å². The van der Waals surface area contributed by atoms with Gasteiger partial charge in [0.05, 0.1) is 27.8 Å². The number of hydrogen-bond donors (Lipinski definition) is 0. The third-order valence-corrected chi connectivity index (χ3v) is 7.03. The third kappa shape index (κ3) is 2.39. The van der Waals surface area contributed by atoms with Gasteiger partial charge in [-0.1, -0.05) is 54.6 Å². The quantitative estimate of drug-likeness (QED) is 0.359. The number of nitro benzene ring substituents is 1. The van der Waals surface area contributed by atoms with E-state index in [1.165, 1.54) is 17.0 Å². The summed E-state index contributed by atoms with van der Waals surface area (Å²) in [6.45, 7) is 0. The minimum atomic E-state index is -0.440. The molecule has 6 nitrogen and oxygen atoms in total. The highest BCUT2D eigenvalue weighted by molar-refractivity contribution is 6.26. The van der Waals surface area contributed by atoms with Crippen molar-refractivity contribution in [2.75, 3.05) is 4.90 Å². The number of anilines is 1. The monoisotopic (exact) mass is 410 g/mol. The molecule has 31 heavy (non-hydrogen) atoms. The van der Waals surface area contributed by atoms with E-state index in [9.17, 15) is 19.7 Å². The molecule has 3 aromatic carbocycles. The molecular weight excluding hydrogens is 392 g/mol. The highest BCUT2D eigenvalue weighted by Gasteiger charge is 2.61. The molecule has 6 rings (SSSR count). The summed E-state index contributed by atoms with van der Waals surface area (Å²) in [7, 11) is 0. The predicted molar refractivity (Wildman–Crippen MR) is 116 cm³/mol. The van der Waals surface area contributed by atoms with Crippen LogP contribution in [0.5, 0.6) is 0 Å². The van der Waals surface area contributed by atoms with Gasteiger partial charge in [0.2, 0.25) is 11.8 Å². The molecule has 1 aliphatic heterocycles. The Kier molecular flexibility index (Phi) is 3.69. The van der Waals surface area contributed by atoms with Crippen LogP contribution in [0.2, 0.25) is 0 Å². The van der Waals surface area contributed by atoms with Gasteiger partial charge in [-0.05, 0) is 41.5 Å². The van der Waals surface area contributed by atoms with E-state index >= 15 is 0 Å². The Morgan fingerprint density at radius 3 is 2.26 bits per heavy atom. The van der Waals surface area contributed by atoms with Crippen LogP contribution >= 0.6 is 0 Å². The molecule has 0 N–H and O–H groups in total. The minimum absolute atomic E-state index is 0.0307. The Morgan fingerprint density at radius 2 is 1.52 bits per heavy atom. The second-order valence-electron chi connectivity index (χ2n) is 8.46. The number of carbonyl (C=O) groups is 2. The summed E-state index contributed by atoms with van der Waals surface area (Å²) in [6.07, 6.45) is 3.00. The summed E-state index contributed by atoms with van der Waals surface area (Å²) >= 11 is 0. The first-order valence-corrected chi connectivity index (χ1v) is 10.4. The molecule has 152 valence electrons. The fourth-order valence-corrected chi connectivity index (χ4v) is 5.82. The average Bonchev–Trinajstić information content (AvgIpc) is 3.45.